The smallest absolute Gasteiger partial charge is 0.229 e. The van der Waals surface area contributed by atoms with Crippen LogP contribution in [0.3, 0.4) is 0 Å². The second kappa shape index (κ2) is 3.22. The lowest BCUT2D eigenvalue weighted by molar-refractivity contribution is -0.150. The van der Waals surface area contributed by atoms with Gasteiger partial charge in [0.15, 0.2) is 0 Å². The Hall–Kier alpha value is -0.570. The lowest BCUT2D eigenvalue weighted by Crippen LogP contribution is -2.54. The number of rotatable bonds is 3. The molecule has 3 nitrogen and oxygen atoms in total. The molecule has 0 spiro atoms. The molecule has 0 aliphatic carbocycles. The normalized spacial score (nSPS) is 24.2. The van der Waals surface area contributed by atoms with Crippen LogP contribution in [0.5, 0.6) is 0 Å². The molecule has 0 radical (unpaired) electrons. The van der Waals surface area contributed by atoms with Gasteiger partial charge in [0.2, 0.25) is 5.91 Å². The first-order valence-corrected chi connectivity index (χ1v) is 4.04. The van der Waals surface area contributed by atoms with Crippen molar-refractivity contribution in [2.24, 2.45) is 11.8 Å². The average molecular weight is 157 g/mol. The molecule has 0 bridgehead atoms. The van der Waals surface area contributed by atoms with Crippen molar-refractivity contribution in [1.82, 2.24) is 4.90 Å². The van der Waals surface area contributed by atoms with E-state index in [4.69, 9.17) is 5.11 Å². The van der Waals surface area contributed by atoms with E-state index in [-0.39, 0.29) is 18.4 Å². The molecular formula is C8H15NO2. The molecule has 1 rings (SSSR count). The monoisotopic (exact) mass is 157 g/mol. The summed E-state index contributed by atoms with van der Waals surface area (Å²) in [6.07, 6.45) is 0. The zero-order valence-corrected chi connectivity index (χ0v) is 7.08. The summed E-state index contributed by atoms with van der Waals surface area (Å²) in [4.78, 5) is 12.9. The number of nitrogens with zero attached hydrogens (tertiary/aromatic N) is 1. The summed E-state index contributed by atoms with van der Waals surface area (Å²) in [5, 5.41) is 8.66. The van der Waals surface area contributed by atoms with E-state index in [2.05, 4.69) is 13.8 Å². The first kappa shape index (κ1) is 8.53. The van der Waals surface area contributed by atoms with E-state index < -0.39 is 0 Å². The Balaban J connectivity index is 2.27. The van der Waals surface area contributed by atoms with Crippen molar-refractivity contribution in [3.63, 3.8) is 0 Å². The highest BCUT2D eigenvalue weighted by molar-refractivity contribution is 5.84. The van der Waals surface area contributed by atoms with Crippen LogP contribution in [0.25, 0.3) is 0 Å². The quantitative estimate of drug-likeness (QED) is 0.590. The highest BCUT2D eigenvalue weighted by Crippen LogP contribution is 2.17. The molecule has 1 saturated heterocycles. The number of aliphatic hydroxyl groups excluding tert-OH is 1. The summed E-state index contributed by atoms with van der Waals surface area (Å²) >= 11 is 0. The molecule has 1 amide bonds. The maximum absolute atomic E-state index is 11.1. The van der Waals surface area contributed by atoms with E-state index in [0.29, 0.717) is 5.92 Å². The molecular weight excluding hydrogens is 142 g/mol. The van der Waals surface area contributed by atoms with Gasteiger partial charge in [0.1, 0.15) is 0 Å². The number of amides is 1. The number of carbonyl (C=O) groups is 1. The first-order valence-electron chi connectivity index (χ1n) is 4.04. The Kier molecular flexibility index (Phi) is 2.49. The summed E-state index contributed by atoms with van der Waals surface area (Å²) in [6, 6.07) is 0. The molecule has 0 aromatic heterocycles. The summed E-state index contributed by atoms with van der Waals surface area (Å²) in [7, 11) is 0. The second-order valence-electron chi connectivity index (χ2n) is 3.52. The summed E-state index contributed by atoms with van der Waals surface area (Å²) < 4.78 is 0. The maximum Gasteiger partial charge on any atom is 0.229 e. The molecule has 1 heterocycles. The van der Waals surface area contributed by atoms with Gasteiger partial charge in [-0.05, 0) is 5.92 Å². The van der Waals surface area contributed by atoms with Crippen LogP contribution >= 0.6 is 0 Å². The second-order valence-corrected chi connectivity index (χ2v) is 3.52. The predicted octanol–water partition coefficient (Wildman–Crippen LogP) is 0.0931. The molecule has 64 valence electrons. The molecule has 1 atom stereocenters. The third kappa shape index (κ3) is 1.71. The minimum absolute atomic E-state index is 0.00737. The Morgan fingerprint density at radius 1 is 1.73 bits per heavy atom. The van der Waals surface area contributed by atoms with E-state index in [1.165, 1.54) is 0 Å². The molecule has 0 saturated carbocycles. The highest BCUT2D eigenvalue weighted by atomic mass is 16.3. The third-order valence-corrected chi connectivity index (χ3v) is 1.91. The lowest BCUT2D eigenvalue weighted by atomic mass is 9.98. The van der Waals surface area contributed by atoms with Crippen LogP contribution in [0.2, 0.25) is 0 Å². The molecule has 1 fully saturated rings. The molecule has 1 unspecified atom stereocenters. The zero-order chi connectivity index (χ0) is 8.43. The molecule has 1 aliphatic rings. The van der Waals surface area contributed by atoms with Gasteiger partial charge < -0.3 is 10.0 Å². The number of aliphatic hydroxyl groups is 1. The van der Waals surface area contributed by atoms with Crippen LogP contribution in [0.1, 0.15) is 13.8 Å². The van der Waals surface area contributed by atoms with E-state index in [9.17, 15) is 4.79 Å². The summed E-state index contributed by atoms with van der Waals surface area (Å²) in [5.74, 6) is 0.536. The number of carbonyl (C=O) groups excluding carboxylic acids is 1. The maximum atomic E-state index is 11.1. The van der Waals surface area contributed by atoms with Crippen LogP contribution < -0.4 is 0 Å². The van der Waals surface area contributed by atoms with E-state index in [0.717, 1.165) is 13.1 Å². The van der Waals surface area contributed by atoms with Crippen molar-refractivity contribution in [3.05, 3.63) is 0 Å². The summed E-state index contributed by atoms with van der Waals surface area (Å²) in [5.41, 5.74) is 0. The standard InChI is InChI=1S/C8H15NO2/c1-6(2)3-9-4-7(5-10)8(9)11/h6-7,10H,3-5H2,1-2H3. The van der Waals surface area contributed by atoms with Crippen LogP contribution in [-0.4, -0.2) is 35.6 Å². The van der Waals surface area contributed by atoms with Crippen LogP contribution in [0.4, 0.5) is 0 Å². The van der Waals surface area contributed by atoms with E-state index >= 15 is 0 Å². The number of likely N-dealkylation sites (tertiary alicyclic amines) is 1. The Bertz CT molecular complexity index is 156. The Morgan fingerprint density at radius 3 is 2.73 bits per heavy atom. The van der Waals surface area contributed by atoms with Crippen LogP contribution in [0.15, 0.2) is 0 Å². The zero-order valence-electron chi connectivity index (χ0n) is 7.08. The average Bonchev–Trinajstić information content (AvgIpc) is 1.96. The van der Waals surface area contributed by atoms with E-state index in [1.807, 2.05) is 0 Å². The van der Waals surface area contributed by atoms with Gasteiger partial charge in [-0.25, -0.2) is 0 Å². The molecule has 11 heavy (non-hydrogen) atoms. The molecule has 0 aromatic carbocycles. The van der Waals surface area contributed by atoms with Gasteiger partial charge in [0, 0.05) is 13.1 Å². The third-order valence-electron chi connectivity index (χ3n) is 1.91. The number of hydrogen-bond donors (Lipinski definition) is 1. The minimum atomic E-state index is -0.103. The van der Waals surface area contributed by atoms with E-state index in [1.54, 1.807) is 4.90 Å². The van der Waals surface area contributed by atoms with Crippen molar-refractivity contribution < 1.29 is 9.90 Å². The van der Waals surface area contributed by atoms with Crippen molar-refractivity contribution in [1.29, 1.82) is 0 Å². The van der Waals surface area contributed by atoms with Gasteiger partial charge in [-0.3, -0.25) is 4.79 Å². The van der Waals surface area contributed by atoms with Gasteiger partial charge in [-0.1, -0.05) is 13.8 Å². The van der Waals surface area contributed by atoms with Gasteiger partial charge in [0.05, 0.1) is 12.5 Å². The molecule has 1 aliphatic heterocycles. The number of hydrogen-bond acceptors (Lipinski definition) is 2. The largest absolute Gasteiger partial charge is 0.395 e. The Morgan fingerprint density at radius 2 is 2.36 bits per heavy atom. The Labute approximate surface area is 67.0 Å². The minimum Gasteiger partial charge on any atom is -0.395 e. The molecule has 3 heteroatoms. The lowest BCUT2D eigenvalue weighted by Gasteiger charge is -2.38. The fourth-order valence-corrected chi connectivity index (χ4v) is 1.32. The van der Waals surface area contributed by atoms with Gasteiger partial charge in [0.25, 0.3) is 0 Å². The molecule has 0 aromatic rings. The first-order chi connectivity index (χ1) is 5.15. The highest BCUT2D eigenvalue weighted by Gasteiger charge is 2.35. The topological polar surface area (TPSA) is 40.5 Å². The molecule has 1 N–H and O–H groups in total. The van der Waals surface area contributed by atoms with Gasteiger partial charge >= 0.3 is 0 Å². The van der Waals surface area contributed by atoms with Crippen molar-refractivity contribution in [2.75, 3.05) is 19.7 Å². The van der Waals surface area contributed by atoms with Gasteiger partial charge in [-0.15, -0.1) is 0 Å². The fraction of sp³-hybridized carbons (Fsp3) is 0.875. The van der Waals surface area contributed by atoms with Gasteiger partial charge in [-0.2, -0.15) is 0 Å². The van der Waals surface area contributed by atoms with Crippen molar-refractivity contribution in [2.45, 2.75) is 13.8 Å². The number of β-lactam (4-membered cyclic amide) rings is 1. The predicted molar refractivity (Wildman–Crippen MR) is 42.0 cm³/mol. The SMILES string of the molecule is CC(C)CN1CC(CO)C1=O. The summed E-state index contributed by atoms with van der Waals surface area (Å²) in [6.45, 7) is 5.75. The fourth-order valence-electron chi connectivity index (χ4n) is 1.32. The van der Waals surface area contributed by atoms with Crippen LogP contribution in [0, 0.1) is 11.8 Å². The van der Waals surface area contributed by atoms with Crippen molar-refractivity contribution in [3.8, 4) is 0 Å². The van der Waals surface area contributed by atoms with Crippen LogP contribution in [-0.2, 0) is 4.79 Å². The van der Waals surface area contributed by atoms with Crippen molar-refractivity contribution >= 4 is 5.91 Å².